The molecule has 0 rings (SSSR count). The predicted octanol–water partition coefficient (Wildman–Crippen LogP) is -2.40. The zero-order valence-electron chi connectivity index (χ0n) is 7.09. The molecule has 0 aromatic rings. The third-order valence-corrected chi connectivity index (χ3v) is 1.34. The fourth-order valence-electron chi connectivity index (χ4n) is 0.578. The second-order valence-electron chi connectivity index (χ2n) is 2.25. The van der Waals surface area contributed by atoms with Gasteiger partial charge in [-0.15, -0.1) is 0 Å². The van der Waals surface area contributed by atoms with Crippen molar-refractivity contribution in [1.82, 2.24) is 0 Å². The number of rotatable bonds is 5. The van der Waals surface area contributed by atoms with Crippen LogP contribution in [0.25, 0.3) is 0 Å². The molecular formula is C6H11FO5. The lowest BCUT2D eigenvalue weighted by atomic mass is 10.1. The molecule has 0 radical (unpaired) electrons. The van der Waals surface area contributed by atoms with Gasteiger partial charge in [0, 0.05) is 0 Å². The first kappa shape index (κ1) is 9.53. The van der Waals surface area contributed by atoms with E-state index in [9.17, 15) is 9.18 Å². The molecule has 0 fully saturated rings. The smallest absolute Gasteiger partial charge is 0.183 e. The van der Waals surface area contributed by atoms with Crippen LogP contribution in [0.5, 0.6) is 0 Å². The molecule has 6 heteroatoms. The summed E-state index contributed by atoms with van der Waals surface area (Å²) in [5, 5.41) is 34.7. The summed E-state index contributed by atoms with van der Waals surface area (Å²) in [6.45, 7) is -0.878. The summed E-state index contributed by atoms with van der Waals surface area (Å²) >= 11 is 0. The van der Waals surface area contributed by atoms with Crippen molar-refractivity contribution < 1.29 is 31.0 Å². The molecule has 0 unspecified atom stereocenters. The number of aliphatic hydroxyl groups excluding tert-OH is 4. The fourth-order valence-corrected chi connectivity index (χ4v) is 0.578. The van der Waals surface area contributed by atoms with Crippen molar-refractivity contribution in [2.75, 3.05) is 6.61 Å². The van der Waals surface area contributed by atoms with E-state index in [2.05, 4.69) is 0 Å². The molecule has 0 saturated carbocycles. The molecule has 4 atom stereocenters. The van der Waals surface area contributed by atoms with E-state index in [1.165, 1.54) is 0 Å². The number of carbonyl (C=O) groups excluding carboxylic acids is 1. The topological polar surface area (TPSA) is 98.0 Å². The first-order valence-corrected chi connectivity index (χ1v) is 3.21. The van der Waals surface area contributed by atoms with Crippen molar-refractivity contribution in [3.8, 4) is 0 Å². The number of aliphatic hydroxyl groups is 4. The fraction of sp³-hybridized carbons (Fsp3) is 0.833. The molecular weight excluding hydrogens is 171 g/mol. The van der Waals surface area contributed by atoms with Crippen molar-refractivity contribution >= 4 is 6.26 Å². The van der Waals surface area contributed by atoms with Crippen LogP contribution in [-0.2, 0) is 4.79 Å². The first-order valence-electron chi connectivity index (χ1n) is 3.71. The Labute approximate surface area is 69.5 Å². The van der Waals surface area contributed by atoms with Crippen LogP contribution in [0.15, 0.2) is 0 Å². The van der Waals surface area contributed by atoms with Crippen molar-refractivity contribution in [2.45, 2.75) is 24.5 Å². The van der Waals surface area contributed by atoms with Gasteiger partial charge in [0.05, 0.1) is 6.61 Å². The molecule has 0 aliphatic carbocycles. The van der Waals surface area contributed by atoms with Gasteiger partial charge in [-0.2, -0.15) is 0 Å². The maximum absolute atomic E-state index is 12.5. The van der Waals surface area contributed by atoms with Crippen LogP contribution >= 0.6 is 0 Å². The number of hydrogen-bond donors (Lipinski definition) is 4. The number of halogens is 1. The Morgan fingerprint density at radius 2 is 1.92 bits per heavy atom. The minimum atomic E-state index is -2.59. The molecule has 0 amide bonds. The largest absolute Gasteiger partial charge is 0.394 e. The van der Waals surface area contributed by atoms with Crippen LogP contribution in [0.2, 0.25) is 0 Å². The maximum Gasteiger partial charge on any atom is 0.183 e. The lowest BCUT2D eigenvalue weighted by Crippen LogP contribution is -2.44. The lowest BCUT2D eigenvalue weighted by molar-refractivity contribution is -0.127. The lowest BCUT2D eigenvalue weighted by Gasteiger charge is -2.21. The zero-order chi connectivity index (χ0) is 10.6. The normalized spacial score (nSPS) is 22.2. The van der Waals surface area contributed by atoms with Gasteiger partial charge < -0.3 is 25.2 Å². The van der Waals surface area contributed by atoms with E-state index in [0.29, 0.717) is 0 Å². The molecule has 0 aromatic heterocycles. The van der Waals surface area contributed by atoms with E-state index in [1.54, 1.807) is 0 Å². The van der Waals surface area contributed by atoms with Crippen molar-refractivity contribution in [1.29, 1.82) is 0 Å². The number of hydrogen-bond acceptors (Lipinski definition) is 5. The summed E-state index contributed by atoms with van der Waals surface area (Å²) < 4.78 is 18.8. The van der Waals surface area contributed by atoms with Crippen molar-refractivity contribution in [2.24, 2.45) is 0 Å². The molecule has 0 spiro atoms. The van der Waals surface area contributed by atoms with E-state index in [0.717, 1.165) is 0 Å². The van der Waals surface area contributed by atoms with E-state index >= 15 is 0 Å². The first-order chi connectivity index (χ1) is 5.91. The molecule has 0 heterocycles. The zero-order valence-corrected chi connectivity index (χ0v) is 6.09. The van der Waals surface area contributed by atoms with Gasteiger partial charge in [0.1, 0.15) is 19.7 Å². The number of carbonyl (C=O) groups is 1. The third-order valence-electron chi connectivity index (χ3n) is 1.34. The van der Waals surface area contributed by atoms with E-state index < -0.39 is 37.4 Å². The minimum Gasteiger partial charge on any atom is -0.394 e. The summed E-state index contributed by atoms with van der Waals surface area (Å²) in [6.07, 6.45) is -10.2. The molecule has 12 heavy (non-hydrogen) atoms. The Balaban J connectivity index is 4.24. The van der Waals surface area contributed by atoms with Crippen LogP contribution in [-0.4, -0.2) is 57.8 Å². The van der Waals surface area contributed by atoms with Gasteiger partial charge in [0.25, 0.3) is 0 Å². The second-order valence-corrected chi connectivity index (χ2v) is 2.25. The molecule has 5 nitrogen and oxygen atoms in total. The van der Waals surface area contributed by atoms with Crippen LogP contribution in [0, 0.1) is 0 Å². The summed E-state index contributed by atoms with van der Waals surface area (Å²) in [6, 6.07) is 0. The predicted molar refractivity (Wildman–Crippen MR) is 36.1 cm³/mol. The highest BCUT2D eigenvalue weighted by Gasteiger charge is 2.30. The van der Waals surface area contributed by atoms with Crippen LogP contribution < -0.4 is 0 Å². The Hall–Kier alpha value is -0.560. The van der Waals surface area contributed by atoms with Gasteiger partial charge in [-0.25, -0.2) is 4.39 Å². The van der Waals surface area contributed by atoms with Gasteiger partial charge in [0.2, 0.25) is 0 Å². The Morgan fingerprint density at radius 1 is 1.42 bits per heavy atom. The molecule has 0 aliphatic heterocycles. The Kier molecular flexibility index (Phi) is 4.09. The highest BCUT2D eigenvalue weighted by molar-refractivity contribution is 5.56. The molecule has 4 N–H and O–H groups in total. The van der Waals surface area contributed by atoms with Gasteiger partial charge in [-0.1, -0.05) is 0 Å². The van der Waals surface area contributed by atoms with Gasteiger partial charge in [-0.05, 0) is 0 Å². The molecule has 0 aromatic carbocycles. The van der Waals surface area contributed by atoms with Crippen molar-refractivity contribution in [3.63, 3.8) is 0 Å². The summed E-state index contributed by atoms with van der Waals surface area (Å²) in [7, 11) is 0. The monoisotopic (exact) mass is 183 g/mol. The van der Waals surface area contributed by atoms with Crippen LogP contribution in [0.1, 0.15) is 1.37 Å². The SMILES string of the molecule is [2H]C(=O)[C@H](F)[C@@H](O)[C@H](O)[C@H](O)CO. The van der Waals surface area contributed by atoms with E-state index in [4.69, 9.17) is 21.8 Å². The third kappa shape index (κ3) is 2.82. The molecule has 0 aliphatic rings. The number of aldehydes is 1. The Bertz CT molecular complexity index is 178. The summed E-state index contributed by atoms with van der Waals surface area (Å²) in [5.41, 5.74) is 0. The van der Waals surface area contributed by atoms with E-state index in [-0.39, 0.29) is 0 Å². The number of alkyl halides is 1. The maximum atomic E-state index is 12.5. The highest BCUT2D eigenvalue weighted by atomic mass is 19.1. The molecule has 0 saturated heterocycles. The molecule has 72 valence electrons. The van der Waals surface area contributed by atoms with Crippen LogP contribution in [0.3, 0.4) is 0 Å². The molecule has 0 bridgehead atoms. The quantitative estimate of drug-likeness (QED) is 0.356. The standard InChI is InChI=1S/C6H11FO5/c7-3(1-8)5(11)6(12)4(10)2-9/h1,3-6,9-12H,2H2/t3-,4+,5+,6+/m0/s1/i1D. The average Bonchev–Trinajstić information content (AvgIpc) is 2.12. The summed E-state index contributed by atoms with van der Waals surface area (Å²) in [4.78, 5) is 10.1. The Morgan fingerprint density at radius 3 is 2.25 bits per heavy atom. The van der Waals surface area contributed by atoms with Crippen molar-refractivity contribution in [3.05, 3.63) is 0 Å². The average molecular weight is 183 g/mol. The minimum absolute atomic E-state index is 0.878. The van der Waals surface area contributed by atoms with Gasteiger partial charge in [0.15, 0.2) is 12.4 Å². The highest BCUT2D eigenvalue weighted by Crippen LogP contribution is 2.05. The summed E-state index contributed by atoms with van der Waals surface area (Å²) in [5.74, 6) is 0. The second kappa shape index (κ2) is 5.15. The van der Waals surface area contributed by atoms with Crippen LogP contribution in [0.4, 0.5) is 4.39 Å². The van der Waals surface area contributed by atoms with Gasteiger partial charge >= 0.3 is 0 Å². The van der Waals surface area contributed by atoms with E-state index in [1.807, 2.05) is 0 Å². The van der Waals surface area contributed by atoms with Gasteiger partial charge in [-0.3, -0.25) is 0 Å².